The van der Waals surface area contributed by atoms with E-state index in [1.165, 1.54) is 4.90 Å². The van der Waals surface area contributed by atoms with Gasteiger partial charge in [-0.05, 0) is 19.7 Å². The molecule has 0 amide bonds. The summed E-state index contributed by atoms with van der Waals surface area (Å²) in [5, 5.41) is 147. The van der Waals surface area contributed by atoms with Gasteiger partial charge in [0.2, 0.25) is 0 Å². The number of aliphatic hydroxyl groups is 10. The third-order valence-corrected chi connectivity index (χ3v) is 8.42. The Hall–Kier alpha value is -2.75. The summed E-state index contributed by atoms with van der Waals surface area (Å²) < 4.78 is 5.43. The molecule has 0 aromatic heterocycles. The number of nitrogens with zero attached hydrogens (tertiary/aromatic N) is 3. The van der Waals surface area contributed by atoms with Crippen LogP contribution in [0.25, 0.3) is 0 Å². The molecule has 365 valence electrons. The Kier molecular flexibility index (Phi) is 38.4. The molecule has 0 saturated heterocycles. The van der Waals surface area contributed by atoms with Gasteiger partial charge >= 0.3 is 51.9 Å². The molecule has 9 unspecified atom stereocenters. The van der Waals surface area contributed by atoms with Crippen molar-refractivity contribution in [3.05, 3.63) is 35.9 Å². The molecule has 0 aliphatic rings. The number of carbonyl (C=O) groups is 5. The van der Waals surface area contributed by atoms with E-state index in [1.807, 2.05) is 0 Å². The first kappa shape index (κ1) is 64.5. The van der Waals surface area contributed by atoms with Crippen LogP contribution in [0, 0.1) is 39.9 Å². The number of rotatable bonds is 32. The van der Waals surface area contributed by atoms with Gasteiger partial charge in [0.1, 0.15) is 36.6 Å². The first-order valence-corrected chi connectivity index (χ1v) is 18.9. The molecule has 0 aliphatic heterocycles. The quantitative estimate of drug-likeness (QED) is 0.0319. The average Bonchev–Trinajstić information content (AvgIpc) is 3.21. The van der Waals surface area contributed by atoms with Gasteiger partial charge in [0, 0.05) is 52.4 Å². The smallest absolute Gasteiger partial charge is 0.549 e. The summed E-state index contributed by atoms with van der Waals surface area (Å²) in [6.45, 7) is -4.85. The van der Waals surface area contributed by atoms with Gasteiger partial charge in [-0.1, -0.05) is 30.3 Å². The van der Waals surface area contributed by atoms with Gasteiger partial charge in [0.05, 0.1) is 75.7 Å². The topological polar surface area (TPSA) is 440 Å². The molecule has 9 atom stereocenters. The Labute approximate surface area is 395 Å². The Morgan fingerprint density at radius 1 is 0.603 bits per heavy atom. The zero-order valence-corrected chi connectivity index (χ0v) is 37.0. The van der Waals surface area contributed by atoms with Crippen LogP contribution < -0.4 is 26.0 Å². The largest absolute Gasteiger partial charge is 3.00 e. The van der Waals surface area contributed by atoms with Crippen LogP contribution in [0.15, 0.2) is 30.3 Å². The molecule has 0 saturated carbocycles. The third kappa shape index (κ3) is 30.9. The minimum absolute atomic E-state index is 0. The maximum atomic E-state index is 11.7. The number of hydrogen-bond donors (Lipinski definition) is 14. The first-order chi connectivity index (χ1) is 29.1. The number of aliphatic hydroxyl groups excluding tert-OH is 10. The van der Waals surface area contributed by atoms with Gasteiger partial charge in [-0.3, -0.25) is 24.3 Å². The van der Waals surface area contributed by atoms with E-state index in [9.17, 15) is 54.6 Å². The van der Waals surface area contributed by atoms with Crippen LogP contribution in [-0.4, -0.2) is 260 Å². The summed E-state index contributed by atoms with van der Waals surface area (Å²) in [6, 6.07) is 7.38. The number of likely N-dealkylation sites (N-methyl/N-ethyl adjacent to an activating group) is 2. The number of benzene rings is 1. The number of carbonyl (C=O) groups excluding carboxylic acids is 3. The number of aliphatic carboxylic acids is 5. The molecule has 63 heavy (non-hydrogen) atoms. The molecule has 27 heteroatoms. The molecule has 1 rings (SSSR count). The maximum Gasteiger partial charge on any atom is 3.00 e. The normalized spacial score (nSPS) is 15.5. The van der Waals surface area contributed by atoms with Crippen LogP contribution in [0.2, 0.25) is 0 Å². The fourth-order valence-electron chi connectivity index (χ4n) is 5.08. The summed E-state index contributed by atoms with van der Waals surface area (Å²) in [6.07, 6.45) is -11.3. The SMILES string of the molecule is CNCC(O)C(O)C(O)C(O)CO.CNCC(O)C(O)C(O)C(O)CO.O=C([O-])CN(CCN(CC(=O)[O-])CC(=O)O)CCN(CC(=O)O)C(COCc1ccccc1)C(=O)[O-].[Gd+3]. The minimum Gasteiger partial charge on any atom is -0.549 e. The molecule has 0 aliphatic carbocycles. The number of carboxylic acid groups (broad SMARTS) is 5. The number of nitrogens with one attached hydrogen (secondary N) is 2. The van der Waals surface area contributed by atoms with E-state index < -0.39 is 131 Å². The second kappa shape index (κ2) is 37.5. The molecule has 0 spiro atoms. The standard InChI is InChI=1S/C22H31N3O11.2C7H17NO5.Gd/c26-18(27)10-23(6-7-24(11-19(28)29)12-20(30)31)8-9-25(13-21(32)33)17(22(34)35)15-36-14-16-4-2-1-3-5-16;2*1-8-2-4(10)6(12)7(13)5(11)3-9;/h1-5,17H,6-15H2,(H,26,27)(H,28,29)(H,30,31)(H,32,33)(H,34,35);2*4-13H,2-3H2,1H3;/q;;;+3/p-3. The molecular weight excluding hydrogens is 996 g/mol. The molecular formula is C36H62GdN5O21. The average molecular weight is 1060 g/mol. The monoisotopic (exact) mass is 1060 g/mol. The fourth-order valence-corrected chi connectivity index (χ4v) is 5.08. The predicted molar refractivity (Wildman–Crippen MR) is 205 cm³/mol. The van der Waals surface area contributed by atoms with Gasteiger partial charge in [0.15, 0.2) is 0 Å². The Morgan fingerprint density at radius 3 is 1.38 bits per heavy atom. The van der Waals surface area contributed by atoms with Gasteiger partial charge < -0.3 is 106 Å². The zero-order chi connectivity index (χ0) is 47.9. The Bertz CT molecular complexity index is 1350. The molecule has 1 radical (unpaired) electrons. The van der Waals surface area contributed by atoms with E-state index in [0.717, 1.165) is 15.4 Å². The molecule has 1 aromatic carbocycles. The van der Waals surface area contributed by atoms with E-state index >= 15 is 0 Å². The van der Waals surface area contributed by atoms with E-state index in [-0.39, 0.29) is 85.8 Å². The second-order valence-corrected chi connectivity index (χ2v) is 13.5. The molecule has 26 nitrogen and oxygen atoms in total. The van der Waals surface area contributed by atoms with E-state index in [2.05, 4.69) is 10.6 Å². The third-order valence-electron chi connectivity index (χ3n) is 8.42. The van der Waals surface area contributed by atoms with Crippen LogP contribution >= 0.6 is 0 Å². The summed E-state index contributed by atoms with van der Waals surface area (Å²) in [5.74, 6) is -7.24. The zero-order valence-electron chi connectivity index (χ0n) is 34.7. The van der Waals surface area contributed by atoms with Crippen LogP contribution in [-0.2, 0) is 35.3 Å². The first-order valence-electron chi connectivity index (χ1n) is 18.9. The molecule has 14 N–H and O–H groups in total. The molecule has 0 fully saturated rings. The summed E-state index contributed by atoms with van der Waals surface area (Å²) in [4.78, 5) is 59.3. The van der Waals surface area contributed by atoms with Gasteiger partial charge in [-0.2, -0.15) is 0 Å². The van der Waals surface area contributed by atoms with Gasteiger partial charge in [-0.15, -0.1) is 0 Å². The summed E-state index contributed by atoms with van der Waals surface area (Å²) >= 11 is 0. The molecule has 0 bridgehead atoms. The Morgan fingerprint density at radius 2 is 1.00 bits per heavy atom. The van der Waals surface area contributed by atoms with Crippen molar-refractivity contribution in [3.63, 3.8) is 0 Å². The van der Waals surface area contributed by atoms with Crippen LogP contribution in [0.4, 0.5) is 0 Å². The van der Waals surface area contributed by atoms with Crippen molar-refractivity contribution >= 4 is 29.8 Å². The van der Waals surface area contributed by atoms with Gasteiger partial charge in [0.25, 0.3) is 0 Å². The summed E-state index contributed by atoms with van der Waals surface area (Å²) in [5.41, 5.74) is 0.766. The van der Waals surface area contributed by atoms with Gasteiger partial charge in [-0.25, -0.2) is 0 Å². The van der Waals surface area contributed by atoms with Crippen molar-refractivity contribution in [2.24, 2.45) is 0 Å². The predicted octanol–water partition coefficient (Wildman–Crippen LogP) is -11.8. The van der Waals surface area contributed by atoms with Crippen molar-refractivity contribution in [3.8, 4) is 0 Å². The molecule has 0 heterocycles. The maximum absolute atomic E-state index is 11.7. The van der Waals surface area contributed by atoms with Crippen molar-refractivity contribution in [1.82, 2.24) is 25.3 Å². The Balaban J connectivity index is -0.00000109. The van der Waals surface area contributed by atoms with E-state index in [0.29, 0.717) is 0 Å². The van der Waals surface area contributed by atoms with Crippen molar-refractivity contribution in [1.29, 1.82) is 0 Å². The molecule has 1 aromatic rings. The fraction of sp³-hybridized carbons (Fsp3) is 0.694. The van der Waals surface area contributed by atoms with Crippen molar-refractivity contribution in [2.75, 3.05) is 99.4 Å². The van der Waals surface area contributed by atoms with Crippen LogP contribution in [0.5, 0.6) is 0 Å². The van der Waals surface area contributed by atoms with Crippen molar-refractivity contribution in [2.45, 2.75) is 61.5 Å². The van der Waals surface area contributed by atoms with Crippen molar-refractivity contribution < 1.29 is 145 Å². The number of carboxylic acids is 5. The second-order valence-electron chi connectivity index (χ2n) is 13.5. The minimum atomic E-state index is -1.59. The summed E-state index contributed by atoms with van der Waals surface area (Å²) in [7, 11) is 3.15. The van der Waals surface area contributed by atoms with Crippen LogP contribution in [0.3, 0.4) is 0 Å². The van der Waals surface area contributed by atoms with E-state index in [4.69, 9.17) is 50.7 Å². The van der Waals surface area contributed by atoms with E-state index in [1.54, 1.807) is 44.4 Å². The van der Waals surface area contributed by atoms with Crippen LogP contribution in [0.1, 0.15) is 5.56 Å². The number of hydrogen-bond acceptors (Lipinski definition) is 24. The number of ether oxygens (including phenoxy) is 1.